The van der Waals surface area contributed by atoms with E-state index in [1.165, 1.54) is 49.9 Å². The first kappa shape index (κ1) is 17.3. The zero-order valence-corrected chi connectivity index (χ0v) is 16.8. The quantitative estimate of drug-likeness (QED) is 0.685. The molecule has 4 fully saturated rings. The molecule has 2 aromatic heterocycles. The second-order valence-electron chi connectivity index (χ2n) is 9.14. The molecule has 0 radical (unpaired) electrons. The summed E-state index contributed by atoms with van der Waals surface area (Å²) in [5, 5.41) is 13.1. The molecule has 4 saturated carbocycles. The number of aromatic nitrogens is 3. The lowest BCUT2D eigenvalue weighted by atomic mass is 9.49. The summed E-state index contributed by atoms with van der Waals surface area (Å²) in [4.78, 5) is 29.7. The Kier molecular flexibility index (Phi) is 3.72. The van der Waals surface area contributed by atoms with Gasteiger partial charge in [0.1, 0.15) is 0 Å². The van der Waals surface area contributed by atoms with Gasteiger partial charge < -0.3 is 0 Å². The zero-order chi connectivity index (χ0) is 19.6. The number of anilines is 1. The van der Waals surface area contributed by atoms with E-state index < -0.39 is 0 Å². The fourth-order valence-corrected chi connectivity index (χ4v) is 7.27. The standard InChI is InChI=1S/C22H22N4O2S/c27-19-16-4-2-1-3-15(16)18(25-26-19)20(28)24-21-23-17(11-29-21)22-8-12-5-13(9-22)7-14(6-12)10-22/h1-4,11-14H,5-10H2,(H,26,27)(H,23,24,28). The van der Waals surface area contributed by atoms with E-state index in [1.807, 2.05) is 0 Å². The Morgan fingerprint density at radius 2 is 1.72 bits per heavy atom. The molecule has 0 unspecified atom stereocenters. The zero-order valence-electron chi connectivity index (χ0n) is 16.0. The number of carbonyl (C=O) groups excluding carboxylic acids is 1. The normalized spacial score (nSPS) is 30.0. The summed E-state index contributed by atoms with van der Waals surface area (Å²) in [7, 11) is 0. The second kappa shape index (κ2) is 6.23. The lowest BCUT2D eigenvalue weighted by Crippen LogP contribution is -2.48. The fraction of sp³-hybridized carbons (Fsp3) is 0.455. The van der Waals surface area contributed by atoms with Crippen LogP contribution in [0.15, 0.2) is 34.4 Å². The van der Waals surface area contributed by atoms with Crippen molar-refractivity contribution in [3.8, 4) is 0 Å². The first-order valence-corrected chi connectivity index (χ1v) is 11.2. The summed E-state index contributed by atoms with van der Waals surface area (Å²) < 4.78 is 0. The molecule has 2 N–H and O–H groups in total. The summed E-state index contributed by atoms with van der Waals surface area (Å²) in [6.07, 6.45) is 7.96. The lowest BCUT2D eigenvalue weighted by molar-refractivity contribution is -0.00688. The molecule has 6 nitrogen and oxygen atoms in total. The Morgan fingerprint density at radius 3 is 2.41 bits per heavy atom. The van der Waals surface area contributed by atoms with E-state index in [2.05, 4.69) is 20.9 Å². The molecule has 3 aromatic rings. The molecule has 148 valence electrons. The molecule has 29 heavy (non-hydrogen) atoms. The molecule has 4 aliphatic rings. The minimum absolute atomic E-state index is 0.215. The Labute approximate surface area is 171 Å². The maximum atomic E-state index is 12.9. The van der Waals surface area contributed by atoms with Gasteiger partial charge in [-0.05, 0) is 62.3 Å². The SMILES string of the molecule is O=C(Nc1nc(C23CC4CC(CC(C4)C2)C3)cs1)c1n[nH]c(=O)c2ccccc12. The largest absolute Gasteiger partial charge is 0.296 e. The summed E-state index contributed by atoms with van der Waals surface area (Å²) in [5.74, 6) is 2.23. The van der Waals surface area contributed by atoms with E-state index >= 15 is 0 Å². The van der Waals surface area contributed by atoms with Gasteiger partial charge in [-0.2, -0.15) is 5.10 Å². The maximum absolute atomic E-state index is 12.9. The van der Waals surface area contributed by atoms with Crippen molar-refractivity contribution < 1.29 is 4.79 Å². The van der Waals surface area contributed by atoms with Crippen molar-refractivity contribution >= 4 is 33.1 Å². The average Bonchev–Trinajstić information content (AvgIpc) is 3.17. The van der Waals surface area contributed by atoms with Gasteiger partial charge in [0, 0.05) is 16.2 Å². The summed E-state index contributed by atoms with van der Waals surface area (Å²) >= 11 is 1.49. The number of fused-ring (bicyclic) bond motifs is 1. The average molecular weight is 407 g/mol. The van der Waals surface area contributed by atoms with Gasteiger partial charge in [-0.15, -0.1) is 11.3 Å². The third-order valence-electron chi connectivity index (χ3n) is 7.22. The van der Waals surface area contributed by atoms with Crippen LogP contribution in [0.3, 0.4) is 0 Å². The molecule has 2 heterocycles. The molecule has 0 saturated heterocycles. The van der Waals surface area contributed by atoms with E-state index in [9.17, 15) is 9.59 Å². The van der Waals surface area contributed by atoms with Crippen LogP contribution in [0.2, 0.25) is 0 Å². The predicted molar refractivity (Wildman–Crippen MR) is 112 cm³/mol. The Balaban J connectivity index is 1.28. The van der Waals surface area contributed by atoms with Crippen molar-refractivity contribution in [2.75, 3.05) is 5.32 Å². The smallest absolute Gasteiger partial charge is 0.278 e. The number of hydrogen-bond acceptors (Lipinski definition) is 5. The van der Waals surface area contributed by atoms with Gasteiger partial charge in [0.05, 0.1) is 11.1 Å². The summed E-state index contributed by atoms with van der Waals surface area (Å²) in [6, 6.07) is 7.02. The van der Waals surface area contributed by atoms with Crippen LogP contribution in [0.5, 0.6) is 0 Å². The third-order valence-corrected chi connectivity index (χ3v) is 7.98. The van der Waals surface area contributed by atoms with Crippen molar-refractivity contribution in [2.24, 2.45) is 17.8 Å². The number of benzene rings is 1. The van der Waals surface area contributed by atoms with Crippen molar-refractivity contribution in [3.63, 3.8) is 0 Å². The highest BCUT2D eigenvalue weighted by molar-refractivity contribution is 7.14. The lowest BCUT2D eigenvalue weighted by Gasteiger charge is -2.56. The van der Waals surface area contributed by atoms with Crippen molar-refractivity contribution in [1.29, 1.82) is 0 Å². The van der Waals surface area contributed by atoms with Crippen LogP contribution in [-0.2, 0) is 5.41 Å². The Hall–Kier alpha value is -2.54. The molecular weight excluding hydrogens is 384 g/mol. The second-order valence-corrected chi connectivity index (χ2v) is 9.99. The van der Waals surface area contributed by atoms with Crippen LogP contribution in [0, 0.1) is 17.8 Å². The number of aromatic amines is 1. The van der Waals surface area contributed by atoms with E-state index in [0.29, 0.717) is 15.9 Å². The van der Waals surface area contributed by atoms with Gasteiger partial charge in [-0.25, -0.2) is 10.1 Å². The molecule has 4 aliphatic carbocycles. The molecule has 1 aromatic carbocycles. The minimum atomic E-state index is -0.344. The highest BCUT2D eigenvalue weighted by atomic mass is 32.1. The number of carbonyl (C=O) groups is 1. The van der Waals surface area contributed by atoms with Crippen LogP contribution in [0.4, 0.5) is 5.13 Å². The summed E-state index contributed by atoms with van der Waals surface area (Å²) in [5.41, 5.74) is 1.30. The van der Waals surface area contributed by atoms with Crippen LogP contribution in [0.1, 0.15) is 54.7 Å². The number of rotatable bonds is 3. The van der Waals surface area contributed by atoms with E-state index in [-0.39, 0.29) is 22.6 Å². The van der Waals surface area contributed by atoms with Crippen molar-refractivity contribution in [2.45, 2.75) is 43.9 Å². The van der Waals surface area contributed by atoms with Gasteiger partial charge in [-0.3, -0.25) is 14.9 Å². The molecule has 0 atom stereocenters. The third kappa shape index (κ3) is 2.74. The predicted octanol–water partition coefficient (Wildman–Crippen LogP) is 4.10. The Morgan fingerprint density at radius 1 is 1.07 bits per heavy atom. The monoisotopic (exact) mass is 406 g/mol. The summed E-state index contributed by atoms with van der Waals surface area (Å²) in [6.45, 7) is 0. The molecule has 7 heteroatoms. The number of nitrogens with one attached hydrogen (secondary N) is 2. The number of thiazole rings is 1. The van der Waals surface area contributed by atoms with Gasteiger partial charge in [0.15, 0.2) is 10.8 Å². The number of amides is 1. The van der Waals surface area contributed by atoms with Gasteiger partial charge in [0.25, 0.3) is 11.5 Å². The van der Waals surface area contributed by atoms with Gasteiger partial charge >= 0.3 is 0 Å². The number of nitrogens with zero attached hydrogens (tertiary/aromatic N) is 2. The van der Waals surface area contributed by atoms with Crippen molar-refractivity contribution in [3.05, 3.63) is 51.4 Å². The van der Waals surface area contributed by atoms with E-state index in [1.54, 1.807) is 24.3 Å². The molecular formula is C22H22N4O2S. The van der Waals surface area contributed by atoms with Crippen LogP contribution < -0.4 is 10.9 Å². The van der Waals surface area contributed by atoms with Crippen LogP contribution >= 0.6 is 11.3 Å². The minimum Gasteiger partial charge on any atom is -0.296 e. The van der Waals surface area contributed by atoms with Gasteiger partial charge in [0.2, 0.25) is 0 Å². The van der Waals surface area contributed by atoms with Gasteiger partial charge in [-0.1, -0.05) is 18.2 Å². The van der Waals surface area contributed by atoms with Crippen molar-refractivity contribution in [1.82, 2.24) is 15.2 Å². The molecule has 4 bridgehead atoms. The highest BCUT2D eigenvalue weighted by Gasteiger charge is 2.52. The van der Waals surface area contributed by atoms with Crippen LogP contribution in [-0.4, -0.2) is 21.1 Å². The first-order chi connectivity index (χ1) is 14.1. The topological polar surface area (TPSA) is 87.7 Å². The number of H-pyrrole nitrogens is 1. The highest BCUT2D eigenvalue weighted by Crippen LogP contribution is 2.60. The Bertz CT molecular complexity index is 1150. The molecule has 0 spiro atoms. The maximum Gasteiger partial charge on any atom is 0.278 e. The molecule has 0 aliphatic heterocycles. The molecule has 7 rings (SSSR count). The first-order valence-electron chi connectivity index (χ1n) is 10.3. The van der Waals surface area contributed by atoms with E-state index in [0.717, 1.165) is 23.4 Å². The van der Waals surface area contributed by atoms with E-state index in [4.69, 9.17) is 4.98 Å². The fourth-order valence-electron chi connectivity index (χ4n) is 6.44. The molecule has 1 amide bonds. The van der Waals surface area contributed by atoms with Crippen LogP contribution in [0.25, 0.3) is 10.8 Å². The number of hydrogen-bond donors (Lipinski definition) is 2.